The summed E-state index contributed by atoms with van der Waals surface area (Å²) in [6.07, 6.45) is 0.519. The molecule has 0 radical (unpaired) electrons. The van der Waals surface area contributed by atoms with E-state index in [4.69, 9.17) is 0 Å². The first-order valence-electron chi connectivity index (χ1n) is 10.5. The van der Waals surface area contributed by atoms with Gasteiger partial charge >= 0.3 is 0 Å². The van der Waals surface area contributed by atoms with E-state index in [1.165, 1.54) is 11.1 Å². The molecule has 0 aromatic heterocycles. The lowest BCUT2D eigenvalue weighted by molar-refractivity contribution is -0.113. The average molecular weight is 430 g/mol. The molecular weight excluding hydrogens is 398 g/mol. The van der Waals surface area contributed by atoms with Gasteiger partial charge in [-0.15, -0.1) is 0 Å². The minimum atomic E-state index is -3.33. The van der Waals surface area contributed by atoms with Crippen molar-refractivity contribution in [2.45, 2.75) is 26.4 Å². The minimum absolute atomic E-state index is 0.0397. The molecule has 1 amide bonds. The third-order valence-electron chi connectivity index (χ3n) is 5.22. The molecule has 7 heteroatoms. The van der Waals surface area contributed by atoms with Gasteiger partial charge in [0.25, 0.3) is 0 Å². The first-order chi connectivity index (χ1) is 14.4. The van der Waals surface area contributed by atoms with Gasteiger partial charge in [0.1, 0.15) is 5.75 Å². The summed E-state index contributed by atoms with van der Waals surface area (Å²) < 4.78 is 23.5. The van der Waals surface area contributed by atoms with Gasteiger partial charge in [-0.3, -0.25) is 14.6 Å². The second-order valence-electron chi connectivity index (χ2n) is 7.88. The second-order valence-corrected chi connectivity index (χ2v) is 10.1. The highest BCUT2D eigenvalue weighted by Crippen LogP contribution is 2.14. The summed E-state index contributed by atoms with van der Waals surface area (Å²) in [5.74, 6) is -0.904. The maximum Gasteiger partial charge on any atom is 0.239 e. The molecule has 2 aromatic carbocycles. The number of hydrogen-bond acceptors (Lipinski definition) is 5. The number of carbonyl (C=O) groups is 1. The zero-order valence-corrected chi connectivity index (χ0v) is 18.4. The number of rotatable bonds is 9. The molecule has 1 aliphatic rings. The predicted molar refractivity (Wildman–Crippen MR) is 121 cm³/mol. The van der Waals surface area contributed by atoms with Crippen molar-refractivity contribution in [2.24, 2.45) is 0 Å². The monoisotopic (exact) mass is 429 g/mol. The van der Waals surface area contributed by atoms with Crippen LogP contribution in [0.4, 0.5) is 5.69 Å². The lowest BCUT2D eigenvalue weighted by atomic mass is 10.1. The average Bonchev–Trinajstić information content (AvgIpc) is 2.71. The Bertz CT molecular complexity index is 906. The summed E-state index contributed by atoms with van der Waals surface area (Å²) in [6, 6.07) is 18.2. The van der Waals surface area contributed by atoms with Crippen LogP contribution in [0.2, 0.25) is 0 Å². The van der Waals surface area contributed by atoms with Gasteiger partial charge < -0.3 is 5.32 Å². The lowest BCUT2D eigenvalue weighted by Crippen LogP contribution is -2.45. The summed E-state index contributed by atoms with van der Waals surface area (Å²) >= 11 is 0. The first-order valence-corrected chi connectivity index (χ1v) is 12.3. The molecule has 0 spiro atoms. The van der Waals surface area contributed by atoms with E-state index in [0.29, 0.717) is 12.1 Å². The van der Waals surface area contributed by atoms with Crippen molar-refractivity contribution in [3.63, 3.8) is 0 Å². The normalized spacial score (nSPS) is 15.8. The van der Waals surface area contributed by atoms with E-state index in [2.05, 4.69) is 39.4 Å². The molecule has 1 aliphatic heterocycles. The molecule has 1 heterocycles. The third kappa shape index (κ3) is 7.23. The number of hydrogen-bond donors (Lipinski definition) is 1. The Hall–Kier alpha value is -2.22. The van der Waals surface area contributed by atoms with Crippen molar-refractivity contribution in [3.05, 3.63) is 65.7 Å². The molecule has 2 aromatic rings. The van der Waals surface area contributed by atoms with Crippen LogP contribution in [0.3, 0.4) is 0 Å². The van der Waals surface area contributed by atoms with E-state index in [1.807, 2.05) is 30.3 Å². The minimum Gasteiger partial charge on any atom is -0.325 e. The molecule has 162 valence electrons. The quantitative estimate of drug-likeness (QED) is 0.664. The molecule has 30 heavy (non-hydrogen) atoms. The van der Waals surface area contributed by atoms with Crippen molar-refractivity contribution in [1.29, 1.82) is 0 Å². The maximum atomic E-state index is 12.0. The standard InChI is InChI=1S/C23H31N3O3S/c1-2-16-30(28,29)19-23(27)24-22-10-8-21(9-11-22)18-26-14-12-25(13-15-26)17-20-6-4-3-5-7-20/h3-11H,2,12-19H2,1H3,(H,24,27). The second kappa shape index (κ2) is 10.7. The summed E-state index contributed by atoms with van der Waals surface area (Å²) in [4.78, 5) is 16.9. The van der Waals surface area contributed by atoms with Gasteiger partial charge in [0, 0.05) is 45.0 Å². The number of benzene rings is 2. The van der Waals surface area contributed by atoms with Crippen LogP contribution in [-0.4, -0.2) is 61.8 Å². The summed E-state index contributed by atoms with van der Waals surface area (Å²) in [7, 11) is -3.33. The SMILES string of the molecule is CCCS(=O)(=O)CC(=O)Nc1ccc(CN2CCN(Cc3ccccc3)CC2)cc1. The Morgan fingerprint density at radius 3 is 1.93 bits per heavy atom. The van der Waals surface area contributed by atoms with Crippen molar-refractivity contribution in [1.82, 2.24) is 9.80 Å². The van der Waals surface area contributed by atoms with E-state index in [-0.39, 0.29) is 5.75 Å². The fourth-order valence-corrected chi connectivity index (χ4v) is 4.92. The van der Waals surface area contributed by atoms with E-state index >= 15 is 0 Å². The zero-order chi connectivity index (χ0) is 21.4. The molecule has 0 aliphatic carbocycles. The predicted octanol–water partition coefficient (Wildman–Crippen LogP) is 2.77. The topological polar surface area (TPSA) is 69.7 Å². The first kappa shape index (κ1) is 22.5. The Balaban J connectivity index is 1.43. The van der Waals surface area contributed by atoms with Crippen LogP contribution in [0.25, 0.3) is 0 Å². The van der Waals surface area contributed by atoms with Gasteiger partial charge in [-0.05, 0) is 29.7 Å². The molecule has 0 unspecified atom stereocenters. The Labute approximate surface area is 179 Å². The largest absolute Gasteiger partial charge is 0.325 e. The zero-order valence-electron chi connectivity index (χ0n) is 17.6. The number of anilines is 1. The molecule has 1 fully saturated rings. The molecule has 0 bridgehead atoms. The highest BCUT2D eigenvalue weighted by Gasteiger charge is 2.18. The van der Waals surface area contributed by atoms with E-state index in [1.54, 1.807) is 6.92 Å². The van der Waals surface area contributed by atoms with Crippen LogP contribution in [0.15, 0.2) is 54.6 Å². The van der Waals surface area contributed by atoms with E-state index in [9.17, 15) is 13.2 Å². The van der Waals surface area contributed by atoms with Crippen molar-refractivity contribution >= 4 is 21.4 Å². The summed E-state index contributed by atoms with van der Waals surface area (Å²) in [6.45, 7) is 7.82. The molecule has 6 nitrogen and oxygen atoms in total. The van der Waals surface area contributed by atoms with Gasteiger partial charge in [0.2, 0.25) is 5.91 Å². The van der Waals surface area contributed by atoms with E-state index in [0.717, 1.165) is 39.3 Å². The van der Waals surface area contributed by atoms with Crippen molar-refractivity contribution in [3.8, 4) is 0 Å². The van der Waals surface area contributed by atoms with Gasteiger partial charge in [-0.2, -0.15) is 0 Å². The van der Waals surface area contributed by atoms with Crippen LogP contribution >= 0.6 is 0 Å². The summed E-state index contributed by atoms with van der Waals surface area (Å²) in [5, 5.41) is 2.68. The third-order valence-corrected chi connectivity index (χ3v) is 6.96. The number of piperazine rings is 1. The Kier molecular flexibility index (Phi) is 8.01. The van der Waals surface area contributed by atoms with Crippen LogP contribution in [0, 0.1) is 0 Å². The van der Waals surface area contributed by atoms with Gasteiger partial charge in [-0.1, -0.05) is 49.4 Å². The molecule has 1 N–H and O–H groups in total. The number of nitrogens with one attached hydrogen (secondary N) is 1. The highest BCUT2D eigenvalue weighted by atomic mass is 32.2. The van der Waals surface area contributed by atoms with E-state index < -0.39 is 21.5 Å². The maximum absolute atomic E-state index is 12.0. The number of sulfone groups is 1. The molecule has 3 rings (SSSR count). The lowest BCUT2D eigenvalue weighted by Gasteiger charge is -2.34. The van der Waals surface area contributed by atoms with Crippen molar-refractivity contribution in [2.75, 3.05) is 43.0 Å². The Morgan fingerprint density at radius 2 is 1.40 bits per heavy atom. The number of nitrogens with zero attached hydrogens (tertiary/aromatic N) is 2. The molecular formula is C23H31N3O3S. The molecule has 1 saturated heterocycles. The smallest absolute Gasteiger partial charge is 0.239 e. The fraction of sp³-hybridized carbons (Fsp3) is 0.435. The van der Waals surface area contributed by atoms with Gasteiger partial charge in [0.05, 0.1) is 5.75 Å². The summed E-state index contributed by atoms with van der Waals surface area (Å²) in [5.41, 5.74) is 3.16. The number of amides is 1. The van der Waals surface area contributed by atoms with Crippen LogP contribution in [0.5, 0.6) is 0 Å². The van der Waals surface area contributed by atoms with Crippen LogP contribution < -0.4 is 5.32 Å². The van der Waals surface area contributed by atoms with Crippen LogP contribution in [-0.2, 0) is 27.7 Å². The number of carbonyl (C=O) groups excluding carboxylic acids is 1. The Morgan fingerprint density at radius 1 is 0.867 bits per heavy atom. The van der Waals surface area contributed by atoms with Gasteiger partial charge in [-0.25, -0.2) is 8.42 Å². The van der Waals surface area contributed by atoms with Gasteiger partial charge in [0.15, 0.2) is 9.84 Å². The highest BCUT2D eigenvalue weighted by molar-refractivity contribution is 7.92. The molecule has 0 saturated carbocycles. The molecule has 0 atom stereocenters. The van der Waals surface area contributed by atoms with Crippen molar-refractivity contribution < 1.29 is 13.2 Å². The van der Waals surface area contributed by atoms with Crippen LogP contribution in [0.1, 0.15) is 24.5 Å². The fourth-order valence-electron chi connectivity index (χ4n) is 3.68.